The number of carbonyl (C=O) groups excluding carboxylic acids is 4. The summed E-state index contributed by atoms with van der Waals surface area (Å²) in [5.74, 6) is 3.86. The van der Waals surface area contributed by atoms with Crippen LogP contribution < -0.4 is 27.2 Å². The summed E-state index contributed by atoms with van der Waals surface area (Å²) in [7, 11) is 0. The van der Waals surface area contributed by atoms with E-state index in [9.17, 15) is 24.3 Å². The number of nitrogens with two attached hydrogens (primary N) is 1. The molecule has 7 N–H and O–H groups in total. The van der Waals surface area contributed by atoms with Gasteiger partial charge in [0.05, 0.1) is 0 Å². The van der Waals surface area contributed by atoms with E-state index in [-0.39, 0.29) is 23.3 Å². The summed E-state index contributed by atoms with van der Waals surface area (Å²) in [6, 6.07) is 3.49. The fourth-order valence-electron chi connectivity index (χ4n) is 2.97. The molecule has 1 aromatic carbocycles. The van der Waals surface area contributed by atoms with Gasteiger partial charge in [-0.15, -0.1) is 0 Å². The Labute approximate surface area is 198 Å². The predicted octanol–water partition coefficient (Wildman–Crippen LogP) is 0.197. The number of benzene rings is 1. The van der Waals surface area contributed by atoms with Crippen molar-refractivity contribution in [1.82, 2.24) is 21.4 Å². The Hall–Kier alpha value is -2.79. The number of phenolic OH excluding ortho intramolecular Hbond substituents is 1. The molecule has 33 heavy (non-hydrogen) atoms. The van der Waals surface area contributed by atoms with Crippen LogP contribution in [0.25, 0.3) is 0 Å². The highest BCUT2D eigenvalue weighted by Gasteiger charge is 2.31. The number of hydrazine groups is 1. The molecule has 184 valence electrons. The van der Waals surface area contributed by atoms with Crippen molar-refractivity contribution in [3.63, 3.8) is 0 Å². The molecule has 0 aliphatic carbocycles. The summed E-state index contributed by atoms with van der Waals surface area (Å²) in [5.41, 5.74) is 2.75. The lowest BCUT2D eigenvalue weighted by Crippen LogP contribution is -2.59. The van der Waals surface area contributed by atoms with E-state index in [4.69, 9.17) is 5.84 Å². The Morgan fingerprint density at radius 1 is 1.03 bits per heavy atom. The molecule has 10 nitrogen and oxygen atoms in total. The third kappa shape index (κ3) is 9.70. The Kier molecular flexibility index (Phi) is 12.3. The van der Waals surface area contributed by atoms with Gasteiger partial charge in [-0.05, 0) is 28.9 Å². The lowest BCUT2D eigenvalue weighted by molar-refractivity contribution is -0.133. The zero-order valence-corrected chi connectivity index (χ0v) is 20.3. The first kappa shape index (κ1) is 28.2. The van der Waals surface area contributed by atoms with Crippen LogP contribution in [0.5, 0.6) is 5.75 Å². The van der Waals surface area contributed by atoms with Gasteiger partial charge in [-0.25, -0.2) is 5.84 Å². The number of hydrogen-bond donors (Lipinski definition) is 6. The summed E-state index contributed by atoms with van der Waals surface area (Å²) >= 11 is 1.50. The molecule has 0 fully saturated rings. The molecule has 0 heterocycles. The minimum atomic E-state index is -1.03. The van der Waals surface area contributed by atoms with Gasteiger partial charge in [0.25, 0.3) is 5.91 Å². The van der Waals surface area contributed by atoms with Crippen LogP contribution in [0.2, 0.25) is 0 Å². The molecule has 4 atom stereocenters. The van der Waals surface area contributed by atoms with Gasteiger partial charge in [0, 0.05) is 12.2 Å². The first-order valence-electron chi connectivity index (χ1n) is 10.8. The number of phenols is 1. The molecule has 0 unspecified atom stereocenters. The molecular formula is C22H35N5O5S. The zero-order valence-electron chi connectivity index (χ0n) is 19.5. The Morgan fingerprint density at radius 2 is 1.64 bits per heavy atom. The largest absolute Gasteiger partial charge is 0.508 e. The molecule has 0 saturated heterocycles. The average molecular weight is 482 g/mol. The molecule has 0 radical (unpaired) electrons. The number of carbonyl (C=O) groups is 4. The van der Waals surface area contributed by atoms with E-state index in [1.807, 2.05) is 20.8 Å². The van der Waals surface area contributed by atoms with Gasteiger partial charge in [0.15, 0.2) is 0 Å². The molecule has 1 rings (SSSR count). The molecule has 4 amide bonds. The van der Waals surface area contributed by atoms with Crippen molar-refractivity contribution >= 4 is 35.9 Å². The summed E-state index contributed by atoms with van der Waals surface area (Å²) in [5, 5.41) is 17.6. The SMILES string of the molecule is CC[C@H](C)[C@H](NC(=O)[C@H](Cc1ccc(O)cc1)NC(=O)[C@H](CSC(C)C)NC=O)C(=O)NN. The summed E-state index contributed by atoms with van der Waals surface area (Å²) in [6.45, 7) is 7.63. The van der Waals surface area contributed by atoms with Crippen LogP contribution in [0.15, 0.2) is 24.3 Å². The summed E-state index contributed by atoms with van der Waals surface area (Å²) in [4.78, 5) is 49.3. The van der Waals surface area contributed by atoms with E-state index >= 15 is 0 Å². The normalized spacial score (nSPS) is 14.5. The monoisotopic (exact) mass is 481 g/mol. The number of hydrogen-bond acceptors (Lipinski definition) is 7. The second-order valence-electron chi connectivity index (χ2n) is 8.03. The second kappa shape index (κ2) is 14.4. The highest BCUT2D eigenvalue weighted by molar-refractivity contribution is 7.99. The maximum atomic E-state index is 13.2. The van der Waals surface area contributed by atoms with Gasteiger partial charge < -0.3 is 21.1 Å². The van der Waals surface area contributed by atoms with Crippen molar-refractivity contribution in [1.29, 1.82) is 0 Å². The van der Waals surface area contributed by atoms with E-state index in [0.717, 1.165) is 0 Å². The van der Waals surface area contributed by atoms with Crippen molar-refractivity contribution in [3.05, 3.63) is 29.8 Å². The summed E-state index contributed by atoms with van der Waals surface area (Å²) < 4.78 is 0. The topological polar surface area (TPSA) is 163 Å². The van der Waals surface area contributed by atoms with Gasteiger partial charge in [0.2, 0.25) is 18.2 Å². The van der Waals surface area contributed by atoms with E-state index in [0.29, 0.717) is 24.1 Å². The fraction of sp³-hybridized carbons (Fsp3) is 0.545. The number of rotatable bonds is 14. The van der Waals surface area contributed by atoms with E-state index < -0.39 is 35.8 Å². The zero-order chi connectivity index (χ0) is 25.0. The number of amides is 4. The lowest BCUT2D eigenvalue weighted by atomic mass is 9.97. The number of aromatic hydroxyl groups is 1. The average Bonchev–Trinajstić information content (AvgIpc) is 2.79. The molecule has 0 aliphatic heterocycles. The molecule has 11 heteroatoms. The van der Waals surface area contributed by atoms with Gasteiger partial charge in [-0.2, -0.15) is 11.8 Å². The minimum Gasteiger partial charge on any atom is -0.508 e. The molecular weight excluding hydrogens is 446 g/mol. The van der Waals surface area contributed by atoms with Crippen LogP contribution in [-0.2, 0) is 25.6 Å². The maximum Gasteiger partial charge on any atom is 0.256 e. The molecule has 0 aliphatic rings. The molecule has 0 spiro atoms. The van der Waals surface area contributed by atoms with Gasteiger partial charge in [-0.3, -0.25) is 24.6 Å². The fourth-order valence-corrected chi connectivity index (χ4v) is 3.79. The first-order chi connectivity index (χ1) is 15.6. The quantitative estimate of drug-likeness (QED) is 0.0956. The van der Waals surface area contributed by atoms with Crippen LogP contribution in [0, 0.1) is 5.92 Å². The van der Waals surface area contributed by atoms with Gasteiger partial charge >= 0.3 is 0 Å². The third-order valence-electron chi connectivity index (χ3n) is 5.13. The van der Waals surface area contributed by atoms with Gasteiger partial charge in [0.1, 0.15) is 23.9 Å². The minimum absolute atomic E-state index is 0.0706. The molecule has 0 aromatic heterocycles. The molecule has 0 saturated carbocycles. The van der Waals surface area contributed by atoms with Crippen LogP contribution in [0.3, 0.4) is 0 Å². The van der Waals surface area contributed by atoms with Crippen molar-refractivity contribution in [2.24, 2.45) is 11.8 Å². The van der Waals surface area contributed by atoms with Crippen molar-refractivity contribution in [2.75, 3.05) is 5.75 Å². The predicted molar refractivity (Wildman–Crippen MR) is 128 cm³/mol. The number of thioether (sulfide) groups is 1. The number of nitrogens with one attached hydrogen (secondary N) is 4. The van der Waals surface area contributed by atoms with E-state index in [1.54, 1.807) is 19.1 Å². The lowest BCUT2D eigenvalue weighted by Gasteiger charge is -2.27. The highest BCUT2D eigenvalue weighted by atomic mass is 32.2. The smallest absolute Gasteiger partial charge is 0.256 e. The highest BCUT2D eigenvalue weighted by Crippen LogP contribution is 2.14. The standard InChI is InChI=1S/C22H35N5O5S/c1-5-14(4)19(22(32)27-23)26-20(30)17(10-15-6-8-16(29)9-7-15)25-21(31)18(24-12-28)11-33-13(2)3/h6-9,12-14,17-19,29H,5,10-11,23H2,1-4H3,(H,24,28)(H,25,31)(H,26,30)(H,27,32)/t14-,17-,18-,19-/m0/s1. The van der Waals surface area contributed by atoms with Crippen LogP contribution in [0.1, 0.15) is 39.7 Å². The molecule has 0 bridgehead atoms. The second-order valence-corrected chi connectivity index (χ2v) is 9.64. The summed E-state index contributed by atoms with van der Waals surface area (Å²) in [6.07, 6.45) is 1.18. The van der Waals surface area contributed by atoms with Crippen LogP contribution in [-0.4, -0.2) is 58.4 Å². The van der Waals surface area contributed by atoms with E-state index in [2.05, 4.69) is 21.4 Å². The van der Waals surface area contributed by atoms with E-state index in [1.165, 1.54) is 23.9 Å². The Morgan fingerprint density at radius 3 is 2.15 bits per heavy atom. The third-order valence-corrected chi connectivity index (χ3v) is 6.32. The van der Waals surface area contributed by atoms with Crippen molar-refractivity contribution < 1.29 is 24.3 Å². The van der Waals surface area contributed by atoms with Crippen LogP contribution in [0.4, 0.5) is 0 Å². The Balaban J connectivity index is 3.11. The Bertz CT molecular complexity index is 790. The van der Waals surface area contributed by atoms with Crippen molar-refractivity contribution in [3.8, 4) is 5.75 Å². The van der Waals surface area contributed by atoms with Gasteiger partial charge in [-0.1, -0.05) is 46.2 Å². The van der Waals surface area contributed by atoms with Crippen molar-refractivity contribution in [2.45, 2.75) is 63.9 Å². The van der Waals surface area contributed by atoms with Crippen LogP contribution >= 0.6 is 11.8 Å². The molecule has 1 aromatic rings. The maximum absolute atomic E-state index is 13.2. The first-order valence-corrected chi connectivity index (χ1v) is 11.9.